The van der Waals surface area contributed by atoms with Crippen molar-refractivity contribution in [2.45, 2.75) is 33.2 Å². The van der Waals surface area contributed by atoms with Crippen molar-refractivity contribution in [3.05, 3.63) is 58.1 Å². The van der Waals surface area contributed by atoms with E-state index in [0.29, 0.717) is 23.1 Å². The Bertz CT molecular complexity index is 857. The highest BCUT2D eigenvalue weighted by molar-refractivity contribution is 6.30. The van der Waals surface area contributed by atoms with Gasteiger partial charge in [-0.1, -0.05) is 44.5 Å². The van der Waals surface area contributed by atoms with E-state index in [1.54, 1.807) is 14.2 Å². The average molecular weight is 388 g/mol. The number of rotatable bonds is 3. The summed E-state index contributed by atoms with van der Waals surface area (Å²) in [6, 6.07) is 11.5. The van der Waals surface area contributed by atoms with Crippen molar-refractivity contribution in [2.24, 2.45) is 5.41 Å². The van der Waals surface area contributed by atoms with Gasteiger partial charge in [-0.3, -0.25) is 4.79 Å². The molecule has 1 heterocycles. The summed E-state index contributed by atoms with van der Waals surface area (Å²) in [5, 5.41) is 0.656. The third-order valence-electron chi connectivity index (χ3n) is 4.94. The van der Waals surface area contributed by atoms with Crippen LogP contribution in [0, 0.1) is 5.41 Å². The van der Waals surface area contributed by atoms with Gasteiger partial charge in [-0.15, -0.1) is 0 Å². The van der Waals surface area contributed by atoms with E-state index in [-0.39, 0.29) is 11.9 Å². The van der Waals surface area contributed by atoms with Crippen LogP contribution in [0.4, 0.5) is 0 Å². The predicted octanol–water partition coefficient (Wildman–Crippen LogP) is 4.88. The number of hydrogen-bond donors (Lipinski definition) is 0. The van der Waals surface area contributed by atoms with Gasteiger partial charge in [0.15, 0.2) is 11.5 Å². The van der Waals surface area contributed by atoms with Gasteiger partial charge >= 0.3 is 0 Å². The lowest BCUT2D eigenvalue weighted by atomic mass is 9.85. The fraction of sp³-hybridized carbons (Fsp3) is 0.409. The number of amides is 1. The molecule has 144 valence electrons. The Kier molecular flexibility index (Phi) is 5.38. The van der Waals surface area contributed by atoms with E-state index in [1.807, 2.05) is 62.1 Å². The van der Waals surface area contributed by atoms with E-state index in [4.69, 9.17) is 21.1 Å². The highest BCUT2D eigenvalue weighted by Crippen LogP contribution is 2.42. The van der Waals surface area contributed by atoms with E-state index < -0.39 is 5.41 Å². The quantitative estimate of drug-likeness (QED) is 0.753. The second-order valence-electron chi connectivity index (χ2n) is 7.86. The number of benzene rings is 2. The van der Waals surface area contributed by atoms with Crippen molar-refractivity contribution in [1.82, 2.24) is 4.90 Å². The summed E-state index contributed by atoms with van der Waals surface area (Å²) in [6.07, 6.45) is 0.772. The SMILES string of the molecule is COc1cc2c(cc1OC)[C@@H](c1cccc(Cl)c1)N(C(=O)C(C)(C)C)CC2. The van der Waals surface area contributed by atoms with Crippen LogP contribution in [0.1, 0.15) is 43.5 Å². The van der Waals surface area contributed by atoms with Gasteiger partial charge in [-0.05, 0) is 47.4 Å². The lowest BCUT2D eigenvalue weighted by molar-refractivity contribution is -0.141. The molecule has 2 aromatic rings. The summed E-state index contributed by atoms with van der Waals surface area (Å²) in [5.74, 6) is 1.48. The maximum absolute atomic E-state index is 13.2. The Morgan fingerprint density at radius 1 is 1.11 bits per heavy atom. The summed E-state index contributed by atoms with van der Waals surface area (Å²) in [6.45, 7) is 6.51. The molecule has 0 saturated carbocycles. The van der Waals surface area contributed by atoms with Crippen LogP contribution >= 0.6 is 11.6 Å². The van der Waals surface area contributed by atoms with Crippen molar-refractivity contribution < 1.29 is 14.3 Å². The van der Waals surface area contributed by atoms with Gasteiger partial charge in [0.1, 0.15) is 0 Å². The molecule has 2 aromatic carbocycles. The molecule has 5 heteroatoms. The number of carbonyl (C=O) groups excluding carboxylic acids is 1. The molecule has 1 amide bonds. The number of methoxy groups -OCH3 is 2. The van der Waals surface area contributed by atoms with Crippen LogP contribution in [0.15, 0.2) is 36.4 Å². The molecule has 0 N–H and O–H groups in total. The topological polar surface area (TPSA) is 38.8 Å². The number of ether oxygens (including phenoxy) is 2. The summed E-state index contributed by atoms with van der Waals surface area (Å²) >= 11 is 6.27. The number of hydrogen-bond acceptors (Lipinski definition) is 3. The normalized spacial score (nSPS) is 16.7. The Labute approximate surface area is 166 Å². The van der Waals surface area contributed by atoms with E-state index in [1.165, 1.54) is 0 Å². The fourth-order valence-electron chi connectivity index (χ4n) is 3.63. The van der Waals surface area contributed by atoms with Gasteiger partial charge in [-0.2, -0.15) is 0 Å². The molecule has 0 aliphatic carbocycles. The second kappa shape index (κ2) is 7.43. The summed E-state index contributed by atoms with van der Waals surface area (Å²) in [5.41, 5.74) is 2.74. The molecule has 4 nitrogen and oxygen atoms in total. The number of nitrogens with zero attached hydrogens (tertiary/aromatic N) is 1. The standard InChI is InChI=1S/C22H26ClNO3/c1-22(2,3)21(25)24-10-9-14-12-18(26-4)19(27-5)13-17(14)20(24)15-7-6-8-16(23)11-15/h6-8,11-13,20H,9-10H2,1-5H3/t20-/m1/s1. The molecule has 3 rings (SSSR count). The Balaban J connectivity index is 2.19. The second-order valence-corrected chi connectivity index (χ2v) is 8.30. The molecule has 0 bridgehead atoms. The molecule has 0 radical (unpaired) electrons. The van der Waals surface area contributed by atoms with Crippen LogP contribution in [-0.2, 0) is 11.2 Å². The van der Waals surface area contributed by atoms with Crippen molar-refractivity contribution >= 4 is 17.5 Å². The molecular formula is C22H26ClNO3. The maximum atomic E-state index is 13.2. The first-order valence-electron chi connectivity index (χ1n) is 9.07. The van der Waals surface area contributed by atoms with Gasteiger partial charge in [0.25, 0.3) is 0 Å². The van der Waals surface area contributed by atoms with Crippen molar-refractivity contribution in [3.8, 4) is 11.5 Å². The highest BCUT2D eigenvalue weighted by Gasteiger charge is 2.37. The highest BCUT2D eigenvalue weighted by atomic mass is 35.5. The van der Waals surface area contributed by atoms with E-state index in [9.17, 15) is 4.79 Å². The van der Waals surface area contributed by atoms with Crippen LogP contribution in [0.5, 0.6) is 11.5 Å². The van der Waals surface area contributed by atoms with Crippen LogP contribution in [0.3, 0.4) is 0 Å². The number of fused-ring (bicyclic) bond motifs is 1. The van der Waals surface area contributed by atoms with Gasteiger partial charge < -0.3 is 14.4 Å². The molecule has 1 atom stereocenters. The van der Waals surface area contributed by atoms with E-state index in [2.05, 4.69) is 0 Å². The van der Waals surface area contributed by atoms with Crippen molar-refractivity contribution in [3.63, 3.8) is 0 Å². The lowest BCUT2D eigenvalue weighted by Gasteiger charge is -2.41. The minimum absolute atomic E-state index is 0.118. The number of carbonyl (C=O) groups is 1. The van der Waals surface area contributed by atoms with Gasteiger partial charge in [-0.25, -0.2) is 0 Å². The Morgan fingerprint density at radius 3 is 2.37 bits per heavy atom. The molecule has 0 aromatic heterocycles. The first kappa shape index (κ1) is 19.6. The molecule has 1 aliphatic heterocycles. The minimum atomic E-state index is -0.467. The third kappa shape index (κ3) is 3.77. The van der Waals surface area contributed by atoms with Gasteiger partial charge in [0.05, 0.1) is 20.3 Å². The molecule has 27 heavy (non-hydrogen) atoms. The van der Waals surface area contributed by atoms with Gasteiger partial charge in [0.2, 0.25) is 5.91 Å². The zero-order valence-electron chi connectivity index (χ0n) is 16.5. The molecule has 0 spiro atoms. The third-order valence-corrected chi connectivity index (χ3v) is 5.18. The molecular weight excluding hydrogens is 362 g/mol. The Hall–Kier alpha value is -2.20. The predicted molar refractivity (Wildman–Crippen MR) is 108 cm³/mol. The summed E-state index contributed by atoms with van der Waals surface area (Å²) in [7, 11) is 3.26. The first-order chi connectivity index (χ1) is 12.8. The fourth-order valence-corrected chi connectivity index (χ4v) is 3.83. The van der Waals surface area contributed by atoms with Gasteiger partial charge in [0, 0.05) is 17.0 Å². The largest absolute Gasteiger partial charge is 0.493 e. The van der Waals surface area contributed by atoms with Crippen LogP contribution in [0.25, 0.3) is 0 Å². The Morgan fingerprint density at radius 2 is 1.78 bits per heavy atom. The van der Waals surface area contributed by atoms with Crippen LogP contribution < -0.4 is 9.47 Å². The summed E-state index contributed by atoms with van der Waals surface area (Å²) in [4.78, 5) is 15.2. The van der Waals surface area contributed by atoms with Crippen LogP contribution in [0.2, 0.25) is 5.02 Å². The zero-order valence-corrected chi connectivity index (χ0v) is 17.3. The number of halogens is 1. The summed E-state index contributed by atoms with van der Waals surface area (Å²) < 4.78 is 11.0. The zero-order chi connectivity index (χ0) is 19.8. The smallest absolute Gasteiger partial charge is 0.228 e. The molecule has 0 unspecified atom stereocenters. The average Bonchev–Trinajstić information content (AvgIpc) is 2.64. The van der Waals surface area contributed by atoms with Crippen molar-refractivity contribution in [2.75, 3.05) is 20.8 Å². The van der Waals surface area contributed by atoms with E-state index in [0.717, 1.165) is 23.1 Å². The molecule has 0 fully saturated rings. The molecule has 1 aliphatic rings. The molecule has 0 saturated heterocycles. The van der Waals surface area contributed by atoms with Crippen LogP contribution in [-0.4, -0.2) is 31.6 Å². The maximum Gasteiger partial charge on any atom is 0.228 e. The van der Waals surface area contributed by atoms with E-state index >= 15 is 0 Å². The monoisotopic (exact) mass is 387 g/mol. The van der Waals surface area contributed by atoms with Crippen molar-refractivity contribution in [1.29, 1.82) is 0 Å². The first-order valence-corrected chi connectivity index (χ1v) is 9.45. The minimum Gasteiger partial charge on any atom is -0.493 e. The lowest BCUT2D eigenvalue weighted by Crippen LogP contribution is -2.45.